The summed E-state index contributed by atoms with van der Waals surface area (Å²) in [5, 5.41) is 9.49. The summed E-state index contributed by atoms with van der Waals surface area (Å²) in [5.41, 5.74) is 17.3. The number of nitrogens with two attached hydrogens (primary N) is 2. The van der Waals surface area contributed by atoms with Gasteiger partial charge in [-0.2, -0.15) is 4.68 Å². The van der Waals surface area contributed by atoms with Crippen LogP contribution < -0.4 is 16.8 Å². The van der Waals surface area contributed by atoms with Crippen molar-refractivity contribution in [2.75, 3.05) is 11.1 Å². The number of anilines is 2. The first kappa shape index (κ1) is 26.9. The molecule has 5 aromatic carbocycles. The molecule has 0 saturated heterocycles. The number of hydrogen-bond acceptors (Lipinski definition) is 5. The third kappa shape index (κ3) is 5.00. The molecule has 0 bridgehead atoms. The molecule has 0 aliphatic heterocycles. The molecule has 0 radical (unpaired) electrons. The molecule has 1 aromatic heterocycles. The van der Waals surface area contributed by atoms with Crippen LogP contribution in [-0.4, -0.2) is 27.6 Å². The molecule has 1 atom stereocenters. The van der Waals surface area contributed by atoms with Crippen LogP contribution in [0.4, 0.5) is 15.9 Å². The van der Waals surface area contributed by atoms with Crippen molar-refractivity contribution in [3.05, 3.63) is 126 Å². The molecule has 0 aliphatic carbocycles. The summed E-state index contributed by atoms with van der Waals surface area (Å²) in [6.07, 6.45) is 0.377. The van der Waals surface area contributed by atoms with E-state index in [4.69, 9.17) is 11.5 Å². The van der Waals surface area contributed by atoms with E-state index in [0.717, 1.165) is 27.5 Å². The number of nitrogens with zero attached hydrogens (tertiary/aromatic N) is 2. The van der Waals surface area contributed by atoms with Gasteiger partial charge in [-0.25, -0.2) is 4.39 Å². The van der Waals surface area contributed by atoms with E-state index in [1.165, 1.54) is 16.8 Å². The molecule has 0 saturated carbocycles. The van der Waals surface area contributed by atoms with Crippen molar-refractivity contribution in [3.63, 3.8) is 0 Å². The van der Waals surface area contributed by atoms with Gasteiger partial charge in [0.2, 0.25) is 0 Å². The molecular formula is C34H28FN5O2. The summed E-state index contributed by atoms with van der Waals surface area (Å²) in [4.78, 5) is 26.5. The van der Waals surface area contributed by atoms with Crippen LogP contribution in [0.25, 0.3) is 32.8 Å². The summed E-state index contributed by atoms with van der Waals surface area (Å²) < 4.78 is 15.0. The van der Waals surface area contributed by atoms with E-state index >= 15 is 0 Å². The van der Waals surface area contributed by atoms with E-state index in [1.807, 2.05) is 72.8 Å². The fraction of sp³-hybridized carbons (Fsp3) is 0.0882. The van der Waals surface area contributed by atoms with Crippen molar-refractivity contribution in [2.45, 2.75) is 19.4 Å². The summed E-state index contributed by atoms with van der Waals surface area (Å²) >= 11 is 0. The molecule has 6 rings (SSSR count). The number of nitrogens with one attached hydrogen (secondary N) is 1. The van der Waals surface area contributed by atoms with Crippen LogP contribution in [0.3, 0.4) is 0 Å². The van der Waals surface area contributed by atoms with Gasteiger partial charge in [-0.1, -0.05) is 66.7 Å². The molecule has 5 N–H and O–H groups in total. The van der Waals surface area contributed by atoms with Crippen molar-refractivity contribution in [1.82, 2.24) is 9.78 Å². The SMILES string of the molecule is Cc1cc(NC(=O)c2cccc3cc(-c4cccc5c4c(N)nn5C(=O)[C@@H](N)Cc4ccccc4)ccc23)ccc1F. The Labute approximate surface area is 241 Å². The minimum Gasteiger partial charge on any atom is -0.382 e. The Morgan fingerprint density at radius 3 is 2.50 bits per heavy atom. The molecule has 1 amide bonds. The maximum absolute atomic E-state index is 13.7. The second-order valence-electron chi connectivity index (χ2n) is 10.3. The fourth-order valence-corrected chi connectivity index (χ4v) is 5.29. The summed E-state index contributed by atoms with van der Waals surface area (Å²) in [6.45, 7) is 1.65. The molecule has 8 heteroatoms. The summed E-state index contributed by atoms with van der Waals surface area (Å²) in [5.74, 6) is -0.740. The van der Waals surface area contributed by atoms with E-state index in [0.29, 0.717) is 34.1 Å². The second-order valence-corrected chi connectivity index (χ2v) is 10.3. The van der Waals surface area contributed by atoms with Crippen LogP contribution in [-0.2, 0) is 6.42 Å². The predicted octanol–water partition coefficient (Wildman–Crippen LogP) is 6.35. The quantitative estimate of drug-likeness (QED) is 0.221. The van der Waals surface area contributed by atoms with Crippen molar-refractivity contribution in [3.8, 4) is 11.1 Å². The first-order chi connectivity index (χ1) is 20.3. The lowest BCUT2D eigenvalue weighted by Gasteiger charge is -2.12. The van der Waals surface area contributed by atoms with E-state index < -0.39 is 6.04 Å². The zero-order chi connectivity index (χ0) is 29.4. The first-order valence-electron chi connectivity index (χ1n) is 13.5. The van der Waals surface area contributed by atoms with Gasteiger partial charge in [-0.15, -0.1) is 5.10 Å². The maximum atomic E-state index is 13.7. The normalized spacial score (nSPS) is 12.0. The largest absolute Gasteiger partial charge is 0.382 e. The molecule has 0 aliphatic rings. The molecule has 0 spiro atoms. The molecule has 0 fully saturated rings. The lowest BCUT2D eigenvalue weighted by atomic mass is 9.96. The third-order valence-corrected chi connectivity index (χ3v) is 7.41. The average Bonchev–Trinajstić information content (AvgIpc) is 3.34. The predicted molar refractivity (Wildman–Crippen MR) is 165 cm³/mol. The zero-order valence-electron chi connectivity index (χ0n) is 22.8. The maximum Gasteiger partial charge on any atom is 0.264 e. The van der Waals surface area contributed by atoms with Gasteiger partial charge in [0, 0.05) is 11.3 Å². The molecule has 1 heterocycles. The van der Waals surface area contributed by atoms with Crippen molar-refractivity contribution in [2.24, 2.45) is 5.73 Å². The van der Waals surface area contributed by atoms with Crippen LogP contribution >= 0.6 is 0 Å². The van der Waals surface area contributed by atoms with Crippen LogP contribution in [0.1, 0.15) is 26.3 Å². The van der Waals surface area contributed by atoms with E-state index in [2.05, 4.69) is 10.4 Å². The minimum atomic E-state index is -0.789. The van der Waals surface area contributed by atoms with Gasteiger partial charge in [-0.3, -0.25) is 9.59 Å². The van der Waals surface area contributed by atoms with Crippen LogP contribution in [0, 0.1) is 12.7 Å². The third-order valence-electron chi connectivity index (χ3n) is 7.41. The number of halogens is 1. The van der Waals surface area contributed by atoms with Gasteiger partial charge < -0.3 is 16.8 Å². The van der Waals surface area contributed by atoms with Crippen LogP contribution in [0.2, 0.25) is 0 Å². The fourth-order valence-electron chi connectivity index (χ4n) is 5.29. The Morgan fingerprint density at radius 2 is 1.71 bits per heavy atom. The van der Waals surface area contributed by atoms with Crippen LogP contribution in [0.15, 0.2) is 103 Å². The highest BCUT2D eigenvalue weighted by atomic mass is 19.1. The number of amides is 1. The molecule has 7 nitrogen and oxygen atoms in total. The number of hydrogen-bond donors (Lipinski definition) is 3. The number of fused-ring (bicyclic) bond motifs is 2. The lowest BCUT2D eigenvalue weighted by molar-refractivity contribution is 0.0868. The smallest absolute Gasteiger partial charge is 0.264 e. The summed E-state index contributed by atoms with van der Waals surface area (Å²) in [6, 6.07) is 30.1. The lowest BCUT2D eigenvalue weighted by Crippen LogP contribution is -2.37. The van der Waals surface area contributed by atoms with Crippen molar-refractivity contribution < 1.29 is 14.0 Å². The van der Waals surface area contributed by atoms with E-state index in [9.17, 15) is 14.0 Å². The van der Waals surface area contributed by atoms with E-state index in [-0.39, 0.29) is 23.4 Å². The van der Waals surface area contributed by atoms with Gasteiger partial charge in [0.1, 0.15) is 5.82 Å². The topological polar surface area (TPSA) is 116 Å². The number of nitrogen functional groups attached to an aromatic ring is 1. The van der Waals surface area contributed by atoms with Crippen LogP contribution in [0.5, 0.6) is 0 Å². The molecule has 42 heavy (non-hydrogen) atoms. The van der Waals surface area contributed by atoms with Gasteiger partial charge >= 0.3 is 0 Å². The number of carbonyl (C=O) groups excluding carboxylic acids is 2. The van der Waals surface area contributed by atoms with Gasteiger partial charge in [0.05, 0.1) is 16.9 Å². The number of benzene rings is 5. The Balaban J connectivity index is 1.33. The zero-order valence-corrected chi connectivity index (χ0v) is 22.8. The second kappa shape index (κ2) is 10.9. The highest BCUT2D eigenvalue weighted by Crippen LogP contribution is 2.35. The Kier molecular flexibility index (Phi) is 6.98. The van der Waals surface area contributed by atoms with E-state index in [1.54, 1.807) is 25.1 Å². The van der Waals surface area contributed by atoms with Gasteiger partial charge in [-0.05, 0) is 82.8 Å². The minimum absolute atomic E-state index is 0.226. The first-order valence-corrected chi connectivity index (χ1v) is 13.5. The molecule has 208 valence electrons. The molecule has 0 unspecified atom stereocenters. The van der Waals surface area contributed by atoms with Crippen molar-refractivity contribution in [1.29, 1.82) is 0 Å². The Bertz CT molecular complexity index is 1980. The van der Waals surface area contributed by atoms with Crippen molar-refractivity contribution >= 4 is 45.0 Å². The number of carbonyl (C=O) groups is 2. The number of aryl methyl sites for hydroxylation is 1. The van der Waals surface area contributed by atoms with Gasteiger partial charge in [0.15, 0.2) is 5.82 Å². The number of rotatable bonds is 6. The highest BCUT2D eigenvalue weighted by molar-refractivity contribution is 6.14. The molecule has 6 aromatic rings. The Hall–Kier alpha value is -5.34. The highest BCUT2D eigenvalue weighted by Gasteiger charge is 2.23. The monoisotopic (exact) mass is 557 g/mol. The van der Waals surface area contributed by atoms with Gasteiger partial charge in [0.25, 0.3) is 11.8 Å². The Morgan fingerprint density at radius 1 is 0.929 bits per heavy atom. The standard InChI is InChI=1S/C34H28FN5O2/c1-20-17-24(14-16-28(20)35)38-33(41)27-11-5-9-22-19-23(13-15-25(22)27)26-10-6-12-30-31(26)32(37)39-40(30)34(42)29(36)18-21-7-3-2-4-8-21/h2-17,19,29H,18,36H2,1H3,(H2,37,39)(H,38,41)/t29-/m0/s1. The molecular weight excluding hydrogens is 529 g/mol. The summed E-state index contributed by atoms with van der Waals surface area (Å²) in [7, 11) is 0. The average molecular weight is 558 g/mol. The number of aromatic nitrogens is 2.